The monoisotopic (exact) mass is 230 g/mol. The summed E-state index contributed by atoms with van der Waals surface area (Å²) in [6.07, 6.45) is 5.90. The minimum atomic E-state index is -4.53. The zero-order chi connectivity index (χ0) is 9.53. The maximum atomic E-state index is 11.9. The van der Waals surface area contributed by atoms with Crippen LogP contribution in [-0.2, 0) is 0 Å². The van der Waals surface area contributed by atoms with Gasteiger partial charge in [-0.1, -0.05) is 19.2 Å². The van der Waals surface area contributed by atoms with E-state index >= 15 is 0 Å². The van der Waals surface area contributed by atoms with Crippen molar-refractivity contribution in [1.82, 2.24) is 0 Å². The third-order valence-electron chi connectivity index (χ3n) is 3.76. The first kappa shape index (κ1) is 13.6. The molecule has 2 aliphatic rings. The minimum Gasteiger partial charge on any atom is -0.449 e. The van der Waals surface area contributed by atoms with Crippen molar-refractivity contribution in [3.8, 4) is 0 Å². The molecule has 0 aliphatic heterocycles. The van der Waals surface area contributed by atoms with Crippen LogP contribution in [0.5, 0.6) is 0 Å². The smallest absolute Gasteiger partial charge is 0.449 e. The molecule has 14 heavy (non-hydrogen) atoms. The van der Waals surface area contributed by atoms with Gasteiger partial charge in [-0.15, -0.1) is 0 Å². The summed E-state index contributed by atoms with van der Waals surface area (Å²) < 4.78 is 35.8. The van der Waals surface area contributed by atoms with E-state index in [9.17, 15) is 12.9 Å². The van der Waals surface area contributed by atoms with Gasteiger partial charge < -0.3 is 12.9 Å². The number of halogens is 3. The molecule has 0 atom stereocenters. The Kier molecular flexibility index (Phi) is 4.63. The van der Waals surface area contributed by atoms with Crippen LogP contribution in [0.25, 0.3) is 0 Å². The van der Waals surface area contributed by atoms with E-state index in [0.29, 0.717) is 17.8 Å². The van der Waals surface area contributed by atoms with Crippen molar-refractivity contribution in [2.75, 3.05) is 0 Å². The molecule has 0 aromatic rings. The number of rotatable bonds is 3. The second kappa shape index (κ2) is 4.78. The number of hydrogen-bond acceptors (Lipinski definition) is 0. The predicted molar refractivity (Wildman–Crippen MR) is 47.5 cm³/mol. The van der Waals surface area contributed by atoms with Gasteiger partial charge in [0, 0.05) is 0 Å². The Balaban J connectivity index is 0.000000980. The first-order valence-corrected chi connectivity index (χ1v) is 5.20. The van der Waals surface area contributed by atoms with Gasteiger partial charge in [-0.05, 0) is 37.0 Å². The Morgan fingerprint density at radius 2 is 1.71 bits per heavy atom. The van der Waals surface area contributed by atoms with E-state index in [-0.39, 0.29) is 51.4 Å². The SMILES string of the molecule is F[B-](F)(F)CCC1CC2(CCC2)C1.[K+]. The summed E-state index contributed by atoms with van der Waals surface area (Å²) in [5, 5.41) is 0. The molecule has 0 radical (unpaired) electrons. The summed E-state index contributed by atoms with van der Waals surface area (Å²) >= 11 is 0. The average Bonchev–Trinajstić information content (AvgIpc) is 1.77. The van der Waals surface area contributed by atoms with Crippen LogP contribution in [0.1, 0.15) is 38.5 Å². The van der Waals surface area contributed by atoms with Gasteiger partial charge in [0.1, 0.15) is 0 Å². The van der Waals surface area contributed by atoms with Gasteiger partial charge in [0.15, 0.2) is 0 Å². The fraction of sp³-hybridized carbons (Fsp3) is 1.00. The van der Waals surface area contributed by atoms with E-state index < -0.39 is 13.3 Å². The maximum Gasteiger partial charge on any atom is 1.00 e. The van der Waals surface area contributed by atoms with E-state index in [1.807, 2.05) is 0 Å². The average molecular weight is 230 g/mol. The van der Waals surface area contributed by atoms with Crippen molar-refractivity contribution in [2.45, 2.75) is 44.8 Å². The van der Waals surface area contributed by atoms with E-state index in [0.717, 1.165) is 12.8 Å². The van der Waals surface area contributed by atoms with E-state index in [1.165, 1.54) is 19.3 Å². The zero-order valence-corrected chi connectivity index (χ0v) is 11.9. The molecule has 0 aromatic heterocycles. The molecular formula is C9H15BF3K. The summed E-state index contributed by atoms with van der Waals surface area (Å²) in [4.78, 5) is 0. The Morgan fingerprint density at radius 1 is 1.14 bits per heavy atom. The van der Waals surface area contributed by atoms with Gasteiger partial charge in [-0.3, -0.25) is 0 Å². The zero-order valence-electron chi connectivity index (χ0n) is 8.74. The van der Waals surface area contributed by atoms with Crippen LogP contribution in [-0.4, -0.2) is 6.98 Å². The van der Waals surface area contributed by atoms with Gasteiger partial charge in [0.2, 0.25) is 0 Å². The molecule has 0 saturated heterocycles. The molecule has 0 aromatic carbocycles. The molecule has 1 spiro atoms. The van der Waals surface area contributed by atoms with Crippen molar-refractivity contribution >= 4 is 6.98 Å². The van der Waals surface area contributed by atoms with Crippen molar-refractivity contribution in [2.24, 2.45) is 11.3 Å². The van der Waals surface area contributed by atoms with Crippen LogP contribution >= 0.6 is 0 Å². The van der Waals surface area contributed by atoms with Crippen LogP contribution in [0.3, 0.4) is 0 Å². The summed E-state index contributed by atoms with van der Waals surface area (Å²) in [5.41, 5.74) is 0.531. The summed E-state index contributed by atoms with van der Waals surface area (Å²) in [5.74, 6) is 0.392. The molecule has 0 heterocycles. The first-order chi connectivity index (χ1) is 5.99. The third kappa shape index (κ3) is 3.24. The van der Waals surface area contributed by atoms with Crippen molar-refractivity contribution in [1.29, 1.82) is 0 Å². The standard InChI is InChI=1S/C9H15BF3.K/c11-10(12,13)5-2-8-6-9(7-8)3-1-4-9;/h8H,1-7H2;/q-1;+1. The Labute approximate surface area is 126 Å². The summed E-state index contributed by atoms with van der Waals surface area (Å²) in [7, 11) is 0. The molecule has 2 aliphatic carbocycles. The molecule has 2 rings (SSSR count). The fourth-order valence-electron chi connectivity index (χ4n) is 2.88. The third-order valence-corrected chi connectivity index (χ3v) is 3.76. The van der Waals surface area contributed by atoms with Crippen molar-refractivity contribution in [3.63, 3.8) is 0 Å². The molecule has 0 amide bonds. The van der Waals surface area contributed by atoms with Gasteiger partial charge in [0.05, 0.1) is 0 Å². The Morgan fingerprint density at radius 3 is 2.07 bits per heavy atom. The number of hydrogen-bond donors (Lipinski definition) is 0. The summed E-state index contributed by atoms with van der Waals surface area (Å²) in [6, 6.07) is 0. The second-order valence-corrected chi connectivity index (χ2v) is 4.92. The topological polar surface area (TPSA) is 0 Å². The predicted octanol–water partition coefficient (Wildman–Crippen LogP) is 0.808. The van der Waals surface area contributed by atoms with Crippen LogP contribution in [0.2, 0.25) is 6.32 Å². The van der Waals surface area contributed by atoms with E-state index in [4.69, 9.17) is 0 Å². The van der Waals surface area contributed by atoms with Crippen molar-refractivity contribution < 1.29 is 64.3 Å². The minimum absolute atomic E-state index is 0. The molecule has 0 bridgehead atoms. The Hall–Kier alpha value is 1.49. The first-order valence-electron chi connectivity index (χ1n) is 5.20. The quantitative estimate of drug-likeness (QED) is 0.629. The van der Waals surface area contributed by atoms with E-state index in [2.05, 4.69) is 0 Å². The van der Waals surface area contributed by atoms with Gasteiger partial charge in [0.25, 0.3) is 0 Å². The molecular weight excluding hydrogens is 215 g/mol. The van der Waals surface area contributed by atoms with Gasteiger partial charge >= 0.3 is 58.4 Å². The fourth-order valence-corrected chi connectivity index (χ4v) is 2.88. The van der Waals surface area contributed by atoms with Crippen LogP contribution in [0, 0.1) is 11.3 Å². The largest absolute Gasteiger partial charge is 1.00 e. The van der Waals surface area contributed by atoms with Crippen LogP contribution in [0.4, 0.5) is 12.9 Å². The summed E-state index contributed by atoms with van der Waals surface area (Å²) in [6.45, 7) is -4.53. The normalized spacial score (nSPS) is 25.1. The van der Waals surface area contributed by atoms with Crippen LogP contribution < -0.4 is 51.4 Å². The molecule has 0 unspecified atom stereocenters. The van der Waals surface area contributed by atoms with Crippen LogP contribution in [0.15, 0.2) is 0 Å². The van der Waals surface area contributed by atoms with Gasteiger partial charge in [-0.2, -0.15) is 0 Å². The molecule has 5 heteroatoms. The molecule has 2 fully saturated rings. The van der Waals surface area contributed by atoms with E-state index in [1.54, 1.807) is 0 Å². The molecule has 0 N–H and O–H groups in total. The van der Waals surface area contributed by atoms with Crippen molar-refractivity contribution in [3.05, 3.63) is 0 Å². The molecule has 0 nitrogen and oxygen atoms in total. The Bertz CT molecular complexity index is 193. The molecule has 76 valence electrons. The molecule has 2 saturated carbocycles. The second-order valence-electron chi connectivity index (χ2n) is 4.92. The van der Waals surface area contributed by atoms with Gasteiger partial charge in [-0.25, -0.2) is 0 Å². The maximum absolute atomic E-state index is 11.9.